The lowest BCUT2D eigenvalue weighted by Crippen LogP contribution is -2.17. The molecule has 2 rings (SSSR count). The Bertz CT molecular complexity index is 703. The summed E-state index contributed by atoms with van der Waals surface area (Å²) in [5.74, 6) is 0. The van der Waals surface area contributed by atoms with Crippen molar-refractivity contribution in [2.75, 3.05) is 6.26 Å². The monoisotopic (exact) mass is 304 g/mol. The Labute approximate surface area is 113 Å². The first-order valence-electron chi connectivity index (χ1n) is 5.55. The van der Waals surface area contributed by atoms with Crippen molar-refractivity contribution in [1.29, 1.82) is 0 Å². The van der Waals surface area contributed by atoms with E-state index in [0.717, 1.165) is 10.9 Å². The summed E-state index contributed by atoms with van der Waals surface area (Å²) in [6, 6.07) is 5.88. The summed E-state index contributed by atoms with van der Waals surface area (Å²) in [5.41, 5.74) is 1.10. The molecule has 1 heterocycles. The molecule has 0 radical (unpaired) electrons. The van der Waals surface area contributed by atoms with E-state index in [0.29, 0.717) is 11.1 Å². The predicted molar refractivity (Wildman–Crippen MR) is 66.8 cm³/mol. The molecule has 0 amide bonds. The van der Waals surface area contributed by atoms with Gasteiger partial charge >= 0.3 is 6.18 Å². The molecule has 2 aromatic rings. The molecular formula is C12H11F3N2O2S. The molecule has 0 atom stereocenters. The van der Waals surface area contributed by atoms with E-state index >= 15 is 0 Å². The van der Waals surface area contributed by atoms with Crippen molar-refractivity contribution in [3.63, 3.8) is 0 Å². The first kappa shape index (κ1) is 14.6. The number of halogens is 3. The molecular weight excluding hydrogens is 293 g/mol. The number of nitrogens with zero attached hydrogens (tertiary/aromatic N) is 2. The van der Waals surface area contributed by atoms with Gasteiger partial charge < -0.3 is 0 Å². The van der Waals surface area contributed by atoms with E-state index in [9.17, 15) is 21.6 Å². The van der Waals surface area contributed by atoms with Crippen molar-refractivity contribution in [3.8, 4) is 11.1 Å². The number of hydrogen-bond acceptors (Lipinski definition) is 3. The second-order valence-electron chi connectivity index (χ2n) is 4.34. The van der Waals surface area contributed by atoms with Gasteiger partial charge in [-0.15, -0.1) is 0 Å². The fourth-order valence-electron chi connectivity index (χ4n) is 1.68. The van der Waals surface area contributed by atoms with E-state index < -0.39 is 22.6 Å². The van der Waals surface area contributed by atoms with Crippen molar-refractivity contribution in [1.82, 2.24) is 9.78 Å². The number of benzene rings is 1. The molecule has 0 spiro atoms. The van der Waals surface area contributed by atoms with E-state index in [4.69, 9.17) is 0 Å². The van der Waals surface area contributed by atoms with Gasteiger partial charge in [0.2, 0.25) is 0 Å². The van der Waals surface area contributed by atoms with Gasteiger partial charge in [-0.1, -0.05) is 12.1 Å². The average Bonchev–Trinajstić information content (AvgIpc) is 2.74. The summed E-state index contributed by atoms with van der Waals surface area (Å²) < 4.78 is 60.0. The zero-order valence-electron chi connectivity index (χ0n) is 10.4. The molecule has 0 bridgehead atoms. The summed E-state index contributed by atoms with van der Waals surface area (Å²) in [6.45, 7) is -1.16. The van der Waals surface area contributed by atoms with E-state index in [-0.39, 0.29) is 4.90 Å². The van der Waals surface area contributed by atoms with E-state index in [2.05, 4.69) is 5.10 Å². The quantitative estimate of drug-likeness (QED) is 0.875. The first-order chi connectivity index (χ1) is 9.15. The van der Waals surface area contributed by atoms with Crippen LogP contribution in [0.15, 0.2) is 41.6 Å². The Morgan fingerprint density at radius 2 is 1.75 bits per heavy atom. The van der Waals surface area contributed by atoms with E-state index in [1.807, 2.05) is 0 Å². The van der Waals surface area contributed by atoms with Crippen molar-refractivity contribution in [3.05, 3.63) is 36.7 Å². The molecule has 0 fully saturated rings. The van der Waals surface area contributed by atoms with Crippen LogP contribution in [0.3, 0.4) is 0 Å². The molecule has 0 N–H and O–H groups in total. The highest BCUT2D eigenvalue weighted by Crippen LogP contribution is 2.23. The van der Waals surface area contributed by atoms with Crippen LogP contribution in [0.25, 0.3) is 11.1 Å². The van der Waals surface area contributed by atoms with Crippen LogP contribution in [0.2, 0.25) is 0 Å². The minimum absolute atomic E-state index is 0.156. The van der Waals surface area contributed by atoms with Gasteiger partial charge in [0.15, 0.2) is 9.84 Å². The Balaban J connectivity index is 2.25. The van der Waals surface area contributed by atoms with Crippen LogP contribution in [0.1, 0.15) is 0 Å². The Kier molecular flexibility index (Phi) is 3.59. The van der Waals surface area contributed by atoms with Crippen molar-refractivity contribution in [2.45, 2.75) is 17.6 Å². The topological polar surface area (TPSA) is 52.0 Å². The van der Waals surface area contributed by atoms with Crippen LogP contribution >= 0.6 is 0 Å². The molecule has 20 heavy (non-hydrogen) atoms. The zero-order valence-corrected chi connectivity index (χ0v) is 11.2. The molecule has 0 unspecified atom stereocenters. The smallest absolute Gasteiger partial charge is 0.263 e. The van der Waals surface area contributed by atoms with Crippen molar-refractivity contribution in [2.24, 2.45) is 0 Å². The lowest BCUT2D eigenvalue weighted by atomic mass is 10.1. The van der Waals surface area contributed by atoms with Crippen LogP contribution in [0.5, 0.6) is 0 Å². The maximum Gasteiger partial charge on any atom is 0.408 e. The van der Waals surface area contributed by atoms with Crippen molar-refractivity contribution < 1.29 is 21.6 Å². The summed E-state index contributed by atoms with van der Waals surface area (Å²) in [5, 5.41) is 3.63. The number of rotatable bonds is 3. The van der Waals surface area contributed by atoms with Crippen LogP contribution in [-0.4, -0.2) is 30.6 Å². The maximum atomic E-state index is 12.2. The largest absolute Gasteiger partial charge is 0.408 e. The van der Waals surface area contributed by atoms with Gasteiger partial charge in [0.1, 0.15) is 6.54 Å². The highest BCUT2D eigenvalue weighted by atomic mass is 32.2. The standard InChI is InChI=1S/C12H11F3N2O2S/c1-20(18,19)11-4-2-9(3-5-11)10-6-16-17(7-10)8-12(13,14)15/h2-7H,8H2,1H3. The maximum absolute atomic E-state index is 12.2. The van der Waals surface area contributed by atoms with Crippen LogP contribution in [0, 0.1) is 0 Å². The summed E-state index contributed by atoms with van der Waals surface area (Å²) >= 11 is 0. The fraction of sp³-hybridized carbons (Fsp3) is 0.250. The third kappa shape index (κ3) is 3.60. The second-order valence-corrected chi connectivity index (χ2v) is 6.35. The highest BCUT2D eigenvalue weighted by molar-refractivity contribution is 7.90. The Morgan fingerprint density at radius 3 is 2.25 bits per heavy atom. The number of alkyl halides is 3. The summed E-state index contributed by atoms with van der Waals surface area (Å²) in [7, 11) is -3.29. The number of hydrogen-bond donors (Lipinski definition) is 0. The lowest BCUT2D eigenvalue weighted by molar-refractivity contribution is -0.142. The van der Waals surface area contributed by atoms with Gasteiger partial charge in [-0.3, -0.25) is 4.68 Å². The Morgan fingerprint density at radius 1 is 1.15 bits per heavy atom. The van der Waals surface area contributed by atoms with Gasteiger partial charge in [-0.25, -0.2) is 8.42 Å². The third-order valence-electron chi connectivity index (χ3n) is 2.59. The second kappa shape index (κ2) is 4.93. The van der Waals surface area contributed by atoms with Crippen LogP contribution in [0.4, 0.5) is 13.2 Å². The molecule has 0 saturated heterocycles. The summed E-state index contributed by atoms with van der Waals surface area (Å²) in [6.07, 6.45) is -0.670. The molecule has 8 heteroatoms. The summed E-state index contributed by atoms with van der Waals surface area (Å²) in [4.78, 5) is 0.156. The van der Waals surface area contributed by atoms with Crippen LogP contribution in [-0.2, 0) is 16.4 Å². The number of sulfone groups is 1. The van der Waals surface area contributed by atoms with Gasteiger partial charge in [-0.2, -0.15) is 18.3 Å². The fourth-order valence-corrected chi connectivity index (χ4v) is 2.31. The lowest BCUT2D eigenvalue weighted by Gasteiger charge is -2.05. The average molecular weight is 304 g/mol. The first-order valence-corrected chi connectivity index (χ1v) is 7.44. The molecule has 1 aromatic carbocycles. The SMILES string of the molecule is CS(=O)(=O)c1ccc(-c2cnn(CC(F)(F)F)c2)cc1. The minimum atomic E-state index is -4.33. The molecule has 4 nitrogen and oxygen atoms in total. The molecule has 0 aliphatic heterocycles. The van der Waals surface area contributed by atoms with Crippen LogP contribution < -0.4 is 0 Å². The van der Waals surface area contributed by atoms with Gasteiger partial charge in [0, 0.05) is 18.0 Å². The highest BCUT2D eigenvalue weighted by Gasteiger charge is 2.28. The molecule has 1 aromatic heterocycles. The zero-order chi connectivity index (χ0) is 15.0. The predicted octanol–water partition coefficient (Wildman–Crippen LogP) is 2.52. The van der Waals surface area contributed by atoms with E-state index in [1.54, 1.807) is 0 Å². The van der Waals surface area contributed by atoms with Crippen molar-refractivity contribution >= 4 is 9.84 Å². The van der Waals surface area contributed by atoms with E-state index in [1.165, 1.54) is 36.7 Å². The molecule has 0 aliphatic rings. The van der Waals surface area contributed by atoms with Gasteiger partial charge in [-0.05, 0) is 17.7 Å². The molecule has 108 valence electrons. The minimum Gasteiger partial charge on any atom is -0.263 e. The normalized spacial score (nSPS) is 12.6. The third-order valence-corrected chi connectivity index (χ3v) is 3.72. The Hall–Kier alpha value is -1.83. The van der Waals surface area contributed by atoms with Gasteiger partial charge in [0.05, 0.1) is 11.1 Å². The van der Waals surface area contributed by atoms with Gasteiger partial charge in [0.25, 0.3) is 0 Å². The molecule has 0 saturated carbocycles. The number of aromatic nitrogens is 2. The molecule has 0 aliphatic carbocycles.